The monoisotopic (exact) mass is 539 g/mol. The van der Waals surface area contributed by atoms with E-state index >= 15 is 0 Å². The van der Waals surface area contributed by atoms with E-state index in [4.69, 9.17) is 4.99 Å². The predicted molar refractivity (Wildman–Crippen MR) is 134 cm³/mol. The maximum absolute atomic E-state index is 13.1. The molecule has 0 atom stereocenters. The molecule has 0 aromatic heterocycles. The highest BCUT2D eigenvalue weighted by Crippen LogP contribution is 2.15. The molecule has 2 N–H and O–H groups in total. The molecule has 6 nitrogen and oxygen atoms in total. The van der Waals surface area contributed by atoms with Crippen molar-refractivity contribution in [3.63, 3.8) is 0 Å². The Hall–Kier alpha value is -2.36. The fraction of sp³-hybridized carbons (Fsp3) is 0.391. The van der Waals surface area contributed by atoms with E-state index in [2.05, 4.69) is 10.6 Å². The Labute approximate surface area is 200 Å². The molecule has 168 valence electrons. The molecule has 8 heteroatoms. The highest BCUT2D eigenvalue weighted by atomic mass is 127. The summed E-state index contributed by atoms with van der Waals surface area (Å²) < 4.78 is 13.1. The molecule has 1 aliphatic heterocycles. The second kappa shape index (κ2) is 12.5. The smallest absolute Gasteiger partial charge is 0.321 e. The van der Waals surface area contributed by atoms with Gasteiger partial charge < -0.3 is 20.4 Å². The molecule has 0 spiro atoms. The molecular formula is C23H31FIN5O. The summed E-state index contributed by atoms with van der Waals surface area (Å²) in [5, 5.41) is 6.27. The fourth-order valence-corrected chi connectivity index (χ4v) is 3.44. The standard InChI is InChI=1S/C23H30FN5O.HI/c1-3-25-22(28(2)17-18-9-11-20(24)12-10-18)26-16-19-7-6-8-21(15-19)27-23(30)29-13-4-5-14-29;/h6-12,15H,3-5,13-14,16-17H2,1-2H3,(H,25,26)(H,27,30);1H. The number of hydrogen-bond donors (Lipinski definition) is 2. The van der Waals surface area contributed by atoms with Crippen molar-refractivity contribution in [1.29, 1.82) is 0 Å². The van der Waals surface area contributed by atoms with Crippen molar-refractivity contribution >= 4 is 41.7 Å². The first-order valence-corrected chi connectivity index (χ1v) is 10.4. The Morgan fingerprint density at radius 1 is 1.13 bits per heavy atom. The molecule has 1 saturated heterocycles. The van der Waals surface area contributed by atoms with Crippen molar-refractivity contribution in [1.82, 2.24) is 15.1 Å². The fourth-order valence-electron chi connectivity index (χ4n) is 3.44. The Morgan fingerprint density at radius 3 is 2.52 bits per heavy atom. The molecule has 2 aromatic carbocycles. The van der Waals surface area contributed by atoms with Crippen LogP contribution in [0.3, 0.4) is 0 Å². The number of urea groups is 1. The molecule has 0 aliphatic carbocycles. The summed E-state index contributed by atoms with van der Waals surface area (Å²) in [6.07, 6.45) is 2.14. The number of nitrogens with zero attached hydrogens (tertiary/aromatic N) is 3. The topological polar surface area (TPSA) is 60.0 Å². The lowest BCUT2D eigenvalue weighted by Crippen LogP contribution is -2.38. The number of rotatable bonds is 6. The van der Waals surface area contributed by atoms with Gasteiger partial charge in [-0.1, -0.05) is 24.3 Å². The van der Waals surface area contributed by atoms with E-state index in [-0.39, 0.29) is 35.8 Å². The lowest BCUT2D eigenvalue weighted by molar-refractivity contribution is 0.222. The summed E-state index contributed by atoms with van der Waals surface area (Å²) in [5.74, 6) is 0.534. The van der Waals surface area contributed by atoms with Crippen LogP contribution in [-0.2, 0) is 13.1 Å². The first-order chi connectivity index (χ1) is 14.5. The van der Waals surface area contributed by atoms with Gasteiger partial charge in [-0.25, -0.2) is 14.2 Å². The molecule has 0 radical (unpaired) electrons. The number of hydrogen-bond acceptors (Lipinski definition) is 2. The predicted octanol–water partition coefficient (Wildman–Crippen LogP) is 4.67. The maximum atomic E-state index is 13.1. The number of benzene rings is 2. The van der Waals surface area contributed by atoms with Gasteiger partial charge in [0.2, 0.25) is 0 Å². The SMILES string of the molecule is CCNC(=NCc1cccc(NC(=O)N2CCCC2)c1)N(C)Cc1ccc(F)cc1.I. The van der Waals surface area contributed by atoms with Crippen LogP contribution in [0.2, 0.25) is 0 Å². The van der Waals surface area contributed by atoms with E-state index < -0.39 is 0 Å². The zero-order valence-electron chi connectivity index (χ0n) is 18.1. The second-order valence-corrected chi connectivity index (χ2v) is 7.48. The van der Waals surface area contributed by atoms with Crippen molar-refractivity contribution in [2.75, 3.05) is 32.0 Å². The molecule has 0 unspecified atom stereocenters. The second-order valence-electron chi connectivity index (χ2n) is 7.48. The highest BCUT2D eigenvalue weighted by molar-refractivity contribution is 14.0. The number of carbonyl (C=O) groups is 1. The van der Waals surface area contributed by atoms with E-state index in [1.807, 2.05) is 48.0 Å². The number of nitrogens with one attached hydrogen (secondary N) is 2. The van der Waals surface area contributed by atoms with Crippen LogP contribution in [-0.4, -0.2) is 48.5 Å². The summed E-state index contributed by atoms with van der Waals surface area (Å²) in [4.78, 5) is 20.9. The number of guanidine groups is 1. The molecular weight excluding hydrogens is 508 g/mol. The van der Waals surface area contributed by atoms with E-state index in [9.17, 15) is 9.18 Å². The van der Waals surface area contributed by atoms with Gasteiger partial charge in [0, 0.05) is 38.9 Å². The van der Waals surface area contributed by atoms with Gasteiger partial charge in [-0.15, -0.1) is 24.0 Å². The van der Waals surface area contributed by atoms with E-state index in [0.29, 0.717) is 13.1 Å². The first kappa shape index (κ1) is 24.9. The zero-order valence-corrected chi connectivity index (χ0v) is 20.4. The minimum Gasteiger partial charge on any atom is -0.357 e. The summed E-state index contributed by atoms with van der Waals surface area (Å²) >= 11 is 0. The molecule has 1 heterocycles. The Balaban J connectivity index is 0.00000341. The molecule has 0 bridgehead atoms. The molecule has 2 aromatic rings. The molecule has 1 aliphatic rings. The van der Waals surface area contributed by atoms with Crippen LogP contribution in [0.25, 0.3) is 0 Å². The summed E-state index contributed by atoms with van der Waals surface area (Å²) in [6, 6.07) is 14.2. The number of amides is 2. The van der Waals surface area contributed by atoms with Crippen molar-refractivity contribution in [3.8, 4) is 0 Å². The number of carbonyl (C=O) groups excluding carboxylic acids is 1. The Kier molecular flexibility index (Phi) is 10.0. The van der Waals surface area contributed by atoms with E-state index in [1.165, 1.54) is 12.1 Å². The van der Waals surface area contributed by atoms with Gasteiger partial charge in [0.05, 0.1) is 6.54 Å². The van der Waals surface area contributed by atoms with Gasteiger partial charge in [0.15, 0.2) is 5.96 Å². The van der Waals surface area contributed by atoms with Crippen LogP contribution in [0.4, 0.5) is 14.9 Å². The molecule has 3 rings (SSSR count). The third-order valence-corrected chi connectivity index (χ3v) is 5.01. The lowest BCUT2D eigenvalue weighted by Gasteiger charge is -2.22. The van der Waals surface area contributed by atoms with Crippen LogP contribution in [0.15, 0.2) is 53.5 Å². The zero-order chi connectivity index (χ0) is 21.3. The Morgan fingerprint density at radius 2 is 1.84 bits per heavy atom. The van der Waals surface area contributed by atoms with Crippen LogP contribution in [0.5, 0.6) is 0 Å². The third-order valence-electron chi connectivity index (χ3n) is 5.01. The maximum Gasteiger partial charge on any atom is 0.321 e. The molecule has 1 fully saturated rings. The number of likely N-dealkylation sites (tertiary alicyclic amines) is 1. The van der Waals surface area contributed by atoms with Crippen molar-refractivity contribution in [3.05, 3.63) is 65.5 Å². The summed E-state index contributed by atoms with van der Waals surface area (Å²) in [6.45, 7) is 5.53. The summed E-state index contributed by atoms with van der Waals surface area (Å²) in [7, 11) is 1.96. The third kappa shape index (κ3) is 7.68. The number of anilines is 1. The van der Waals surface area contributed by atoms with Crippen LogP contribution in [0, 0.1) is 5.82 Å². The van der Waals surface area contributed by atoms with Gasteiger partial charge in [0.25, 0.3) is 0 Å². The summed E-state index contributed by atoms with van der Waals surface area (Å²) in [5.41, 5.74) is 2.81. The average Bonchev–Trinajstić information content (AvgIpc) is 3.28. The largest absolute Gasteiger partial charge is 0.357 e. The van der Waals surface area contributed by atoms with Gasteiger partial charge in [-0.3, -0.25) is 0 Å². The van der Waals surface area contributed by atoms with Crippen LogP contribution in [0.1, 0.15) is 30.9 Å². The van der Waals surface area contributed by atoms with Gasteiger partial charge >= 0.3 is 6.03 Å². The minimum absolute atomic E-state index is 0. The number of halogens is 2. The highest BCUT2D eigenvalue weighted by Gasteiger charge is 2.17. The average molecular weight is 539 g/mol. The van der Waals surface area contributed by atoms with Crippen LogP contribution < -0.4 is 10.6 Å². The van der Waals surface area contributed by atoms with Gasteiger partial charge in [-0.05, 0) is 55.2 Å². The van der Waals surface area contributed by atoms with Gasteiger partial charge in [-0.2, -0.15) is 0 Å². The minimum atomic E-state index is -0.237. The van der Waals surface area contributed by atoms with E-state index in [1.54, 1.807) is 12.1 Å². The van der Waals surface area contributed by atoms with Crippen molar-refractivity contribution < 1.29 is 9.18 Å². The molecule has 0 saturated carbocycles. The van der Waals surface area contributed by atoms with Gasteiger partial charge in [0.1, 0.15) is 5.82 Å². The first-order valence-electron chi connectivity index (χ1n) is 10.4. The normalized spacial score (nSPS) is 13.5. The molecule has 31 heavy (non-hydrogen) atoms. The van der Waals surface area contributed by atoms with Crippen molar-refractivity contribution in [2.45, 2.75) is 32.9 Å². The van der Waals surface area contributed by atoms with Crippen molar-refractivity contribution in [2.24, 2.45) is 4.99 Å². The Bertz CT molecular complexity index is 869. The van der Waals surface area contributed by atoms with E-state index in [0.717, 1.165) is 55.2 Å². The molecule has 2 amide bonds. The number of aliphatic imine (C=N–C) groups is 1. The van der Waals surface area contributed by atoms with Crippen LogP contribution >= 0.6 is 24.0 Å². The quantitative estimate of drug-likeness (QED) is 0.319. The lowest BCUT2D eigenvalue weighted by atomic mass is 10.2.